The van der Waals surface area contributed by atoms with Crippen molar-refractivity contribution in [2.24, 2.45) is 12.8 Å². The fourth-order valence-corrected chi connectivity index (χ4v) is 0.839. The summed E-state index contributed by atoms with van der Waals surface area (Å²) in [7, 11) is 1.89. The summed E-state index contributed by atoms with van der Waals surface area (Å²) in [6.45, 7) is 2.67. The van der Waals surface area contributed by atoms with Gasteiger partial charge in [0.2, 0.25) is 0 Å². The molecule has 0 radical (unpaired) electrons. The van der Waals surface area contributed by atoms with Crippen LogP contribution in [0.4, 0.5) is 5.69 Å². The van der Waals surface area contributed by atoms with Crippen LogP contribution < -0.4 is 11.1 Å². The lowest BCUT2D eigenvalue weighted by Crippen LogP contribution is -2.24. The predicted octanol–water partition coefficient (Wildman–Crippen LogP) is 0.179. The molecule has 0 saturated carbocycles. The first-order chi connectivity index (χ1) is 5.22. The number of hydrogen-bond acceptors (Lipinski definition) is 3. The van der Waals surface area contributed by atoms with Crippen LogP contribution in [-0.4, -0.2) is 22.4 Å². The molecule has 1 unspecified atom stereocenters. The fraction of sp³-hybridized carbons (Fsp3) is 0.571. The quantitative estimate of drug-likeness (QED) is 0.653. The second-order valence-electron chi connectivity index (χ2n) is 2.68. The minimum Gasteiger partial charge on any atom is -0.379 e. The van der Waals surface area contributed by atoms with Gasteiger partial charge >= 0.3 is 0 Å². The summed E-state index contributed by atoms with van der Waals surface area (Å²) in [5.74, 6) is 0. The average Bonchev–Trinajstić information content (AvgIpc) is 2.35. The Balaban J connectivity index is 2.50. The van der Waals surface area contributed by atoms with Crippen molar-refractivity contribution in [1.29, 1.82) is 0 Å². The highest BCUT2D eigenvalue weighted by atomic mass is 15.3. The molecule has 0 aliphatic carbocycles. The number of nitrogens with one attached hydrogen (secondary N) is 1. The minimum atomic E-state index is 0.305. The van der Waals surface area contributed by atoms with E-state index < -0.39 is 0 Å². The molecule has 1 aromatic heterocycles. The van der Waals surface area contributed by atoms with Gasteiger partial charge in [-0.05, 0) is 6.92 Å². The highest BCUT2D eigenvalue weighted by Gasteiger charge is 1.99. The van der Waals surface area contributed by atoms with Gasteiger partial charge in [-0.15, -0.1) is 0 Å². The van der Waals surface area contributed by atoms with Crippen molar-refractivity contribution in [2.45, 2.75) is 13.0 Å². The van der Waals surface area contributed by atoms with E-state index in [1.807, 2.05) is 20.2 Å². The van der Waals surface area contributed by atoms with Crippen molar-refractivity contribution in [2.75, 3.05) is 11.9 Å². The van der Waals surface area contributed by atoms with Gasteiger partial charge in [0.1, 0.15) is 0 Å². The molecule has 1 heterocycles. The Morgan fingerprint density at radius 1 is 1.82 bits per heavy atom. The van der Waals surface area contributed by atoms with Crippen LogP contribution in [0.15, 0.2) is 12.4 Å². The molecule has 4 nitrogen and oxygen atoms in total. The van der Waals surface area contributed by atoms with Gasteiger partial charge < -0.3 is 11.1 Å². The second kappa shape index (κ2) is 3.39. The third-order valence-electron chi connectivity index (χ3n) is 1.47. The van der Waals surface area contributed by atoms with Gasteiger partial charge in [-0.1, -0.05) is 0 Å². The molecule has 0 saturated heterocycles. The van der Waals surface area contributed by atoms with Crippen molar-refractivity contribution in [1.82, 2.24) is 9.78 Å². The molecule has 0 aromatic carbocycles. The largest absolute Gasteiger partial charge is 0.379 e. The molecule has 1 rings (SSSR count). The van der Waals surface area contributed by atoms with Gasteiger partial charge in [-0.3, -0.25) is 4.68 Å². The van der Waals surface area contributed by atoms with Crippen molar-refractivity contribution in [3.8, 4) is 0 Å². The van der Waals surface area contributed by atoms with Crippen LogP contribution in [0.2, 0.25) is 0 Å². The first-order valence-electron chi connectivity index (χ1n) is 3.67. The maximum Gasteiger partial charge on any atom is 0.0728 e. The number of nitrogens with two attached hydrogens (primary N) is 1. The average molecular weight is 154 g/mol. The maximum absolute atomic E-state index is 5.44. The van der Waals surface area contributed by atoms with E-state index in [-0.39, 0.29) is 0 Å². The monoisotopic (exact) mass is 154 g/mol. The summed E-state index contributed by atoms with van der Waals surface area (Å²) >= 11 is 0. The van der Waals surface area contributed by atoms with Crippen LogP contribution in [-0.2, 0) is 7.05 Å². The van der Waals surface area contributed by atoms with Crippen molar-refractivity contribution < 1.29 is 0 Å². The zero-order chi connectivity index (χ0) is 8.27. The highest BCUT2D eigenvalue weighted by molar-refractivity contribution is 5.38. The Kier molecular flexibility index (Phi) is 2.48. The molecule has 0 aliphatic rings. The Bertz CT molecular complexity index is 218. The first kappa shape index (κ1) is 8.07. The normalized spacial score (nSPS) is 13.0. The Hall–Kier alpha value is -1.03. The molecule has 0 bridgehead atoms. The first-order valence-corrected chi connectivity index (χ1v) is 3.67. The fourth-order valence-electron chi connectivity index (χ4n) is 0.839. The number of anilines is 1. The van der Waals surface area contributed by atoms with Crippen LogP contribution >= 0.6 is 0 Å². The molecule has 0 fully saturated rings. The zero-order valence-corrected chi connectivity index (χ0v) is 6.91. The predicted molar refractivity (Wildman–Crippen MR) is 45.3 cm³/mol. The smallest absolute Gasteiger partial charge is 0.0728 e. The summed E-state index contributed by atoms with van der Waals surface area (Å²) in [4.78, 5) is 0. The van der Waals surface area contributed by atoms with Crippen LogP contribution in [0.3, 0.4) is 0 Å². The van der Waals surface area contributed by atoms with E-state index in [9.17, 15) is 0 Å². The molecule has 0 aliphatic heterocycles. The Labute approximate surface area is 66.4 Å². The molecule has 11 heavy (non-hydrogen) atoms. The molecule has 1 atom stereocenters. The van der Waals surface area contributed by atoms with Crippen LogP contribution in [0.1, 0.15) is 6.92 Å². The molecule has 0 spiro atoms. The summed E-state index contributed by atoms with van der Waals surface area (Å²) < 4.78 is 1.76. The third-order valence-corrected chi connectivity index (χ3v) is 1.47. The lowest BCUT2D eigenvalue weighted by molar-refractivity contribution is 0.767. The maximum atomic E-state index is 5.44. The van der Waals surface area contributed by atoms with Crippen LogP contribution in [0.5, 0.6) is 0 Å². The Morgan fingerprint density at radius 2 is 2.55 bits per heavy atom. The SMILES string of the molecule is CC(CN)Nc1cnn(C)c1. The van der Waals surface area contributed by atoms with Gasteiger partial charge in [-0.25, -0.2) is 0 Å². The molecular formula is C7H14N4. The number of aromatic nitrogens is 2. The van der Waals surface area contributed by atoms with Crippen molar-refractivity contribution in [3.63, 3.8) is 0 Å². The van der Waals surface area contributed by atoms with E-state index in [0.29, 0.717) is 12.6 Å². The summed E-state index contributed by atoms with van der Waals surface area (Å²) in [6, 6.07) is 0.305. The van der Waals surface area contributed by atoms with Gasteiger partial charge in [0, 0.05) is 25.8 Å². The standard InChI is InChI=1S/C7H14N4/c1-6(3-8)10-7-4-9-11(2)5-7/h4-6,10H,3,8H2,1-2H3. The molecule has 3 N–H and O–H groups in total. The number of aryl methyl sites for hydroxylation is 1. The zero-order valence-electron chi connectivity index (χ0n) is 6.91. The minimum absolute atomic E-state index is 0.305. The van der Waals surface area contributed by atoms with Gasteiger partial charge in [0.05, 0.1) is 11.9 Å². The van der Waals surface area contributed by atoms with E-state index in [0.717, 1.165) is 5.69 Å². The summed E-state index contributed by atoms with van der Waals surface area (Å²) in [6.07, 6.45) is 3.71. The van der Waals surface area contributed by atoms with E-state index in [4.69, 9.17) is 5.73 Å². The molecular weight excluding hydrogens is 140 g/mol. The lowest BCUT2D eigenvalue weighted by atomic mass is 10.3. The molecule has 0 amide bonds. The van der Waals surface area contributed by atoms with Crippen LogP contribution in [0.25, 0.3) is 0 Å². The number of hydrogen-bond donors (Lipinski definition) is 2. The topological polar surface area (TPSA) is 55.9 Å². The van der Waals surface area contributed by atoms with E-state index in [1.165, 1.54) is 0 Å². The van der Waals surface area contributed by atoms with Crippen LogP contribution in [0, 0.1) is 0 Å². The van der Waals surface area contributed by atoms with Crippen molar-refractivity contribution >= 4 is 5.69 Å². The molecule has 4 heteroatoms. The number of rotatable bonds is 3. The van der Waals surface area contributed by atoms with E-state index >= 15 is 0 Å². The lowest BCUT2D eigenvalue weighted by Gasteiger charge is -2.09. The van der Waals surface area contributed by atoms with Gasteiger partial charge in [-0.2, -0.15) is 5.10 Å². The number of nitrogens with zero attached hydrogens (tertiary/aromatic N) is 2. The van der Waals surface area contributed by atoms with Gasteiger partial charge in [0.15, 0.2) is 0 Å². The molecule has 62 valence electrons. The van der Waals surface area contributed by atoms with Crippen molar-refractivity contribution in [3.05, 3.63) is 12.4 Å². The van der Waals surface area contributed by atoms with E-state index in [1.54, 1.807) is 10.9 Å². The highest BCUT2D eigenvalue weighted by Crippen LogP contribution is 2.04. The summed E-state index contributed by atoms with van der Waals surface area (Å²) in [5, 5.41) is 7.22. The Morgan fingerprint density at radius 3 is 3.00 bits per heavy atom. The second-order valence-corrected chi connectivity index (χ2v) is 2.68. The molecule has 1 aromatic rings. The third kappa shape index (κ3) is 2.23. The van der Waals surface area contributed by atoms with Gasteiger partial charge in [0.25, 0.3) is 0 Å². The van der Waals surface area contributed by atoms with E-state index in [2.05, 4.69) is 10.4 Å². The summed E-state index contributed by atoms with van der Waals surface area (Å²) in [5.41, 5.74) is 6.46.